The molecule has 0 aromatic carbocycles. The summed E-state index contributed by atoms with van der Waals surface area (Å²) in [6.45, 7) is -2.91. The van der Waals surface area contributed by atoms with Crippen molar-refractivity contribution in [1.82, 2.24) is 10.3 Å². The molecule has 12 heavy (non-hydrogen) atoms. The van der Waals surface area contributed by atoms with E-state index in [0.717, 1.165) is 0 Å². The fraction of sp³-hybridized carbons (Fsp3) is 0.444. The minimum Gasteiger partial charge on any atom is -0.310 e. The molecule has 1 aromatic heterocycles. The molecule has 0 spiro atoms. The summed E-state index contributed by atoms with van der Waals surface area (Å²) in [5.74, 6) is 0. The van der Waals surface area contributed by atoms with Gasteiger partial charge in [0.05, 0.1) is 5.48 Å². The van der Waals surface area contributed by atoms with Crippen LogP contribution in [0.2, 0.25) is 0 Å². The first-order valence-electron chi connectivity index (χ1n) is 8.14. The Labute approximate surface area is 94.6 Å². The highest BCUT2D eigenvalue weighted by Crippen LogP contribution is 2.22. The maximum absolute atomic E-state index is 8.24. The standard InChI is InChI=1S/C9H11BrN2/c10-9-4-3-7(6-12-9)8-2-1-5-11-8/h3-4,6,8,11H,1-2,5H2/i1D2,2D2,3D,4D,5D2,6D,8D. The Morgan fingerprint density at radius 1 is 1.83 bits per heavy atom. The van der Waals surface area contributed by atoms with E-state index in [1.54, 1.807) is 0 Å². The molecular formula is C9H11BrN2. The van der Waals surface area contributed by atoms with Gasteiger partial charge < -0.3 is 5.32 Å². The van der Waals surface area contributed by atoms with Crippen LogP contribution in [0.3, 0.4) is 0 Å². The molecule has 2 nitrogen and oxygen atoms in total. The zero-order valence-electron chi connectivity index (χ0n) is 15.8. The van der Waals surface area contributed by atoms with Crippen molar-refractivity contribution in [3.05, 3.63) is 28.4 Å². The van der Waals surface area contributed by atoms with Crippen LogP contribution in [0.15, 0.2) is 22.9 Å². The Morgan fingerprint density at radius 2 is 2.75 bits per heavy atom. The molecular weight excluding hydrogens is 216 g/mol. The maximum Gasteiger partial charge on any atom is 0.106 e. The van der Waals surface area contributed by atoms with Crippen LogP contribution in [0.1, 0.15) is 38.0 Å². The Balaban J connectivity index is 2.81. The van der Waals surface area contributed by atoms with Gasteiger partial charge in [0.1, 0.15) is 4.60 Å². The summed E-state index contributed by atoms with van der Waals surface area (Å²) < 4.78 is 77.7. The fourth-order valence-electron chi connectivity index (χ4n) is 0.737. The van der Waals surface area contributed by atoms with Gasteiger partial charge in [-0.05, 0) is 46.8 Å². The molecule has 64 valence electrons. The summed E-state index contributed by atoms with van der Waals surface area (Å²) in [6.07, 6.45) is -6.92. The highest BCUT2D eigenvalue weighted by molar-refractivity contribution is 9.10. The monoisotopic (exact) mass is 236 g/mol. The van der Waals surface area contributed by atoms with Crippen LogP contribution in [0, 0.1) is 0 Å². The normalized spacial score (nSPS) is 53.8. The first kappa shape index (κ1) is 2.55. The number of halogens is 1. The van der Waals surface area contributed by atoms with Gasteiger partial charge in [-0.25, -0.2) is 4.98 Å². The minimum atomic E-state index is -3.11. The lowest BCUT2D eigenvalue weighted by atomic mass is 10.1. The Morgan fingerprint density at radius 3 is 3.50 bits per heavy atom. The Bertz CT molecular complexity index is 648. The van der Waals surface area contributed by atoms with E-state index < -0.39 is 49.1 Å². The van der Waals surface area contributed by atoms with Gasteiger partial charge in [-0.15, -0.1) is 0 Å². The molecule has 0 radical (unpaired) electrons. The third-order valence-electron chi connectivity index (χ3n) is 1.24. The number of pyridine rings is 1. The molecule has 1 atom stereocenters. The molecule has 1 saturated heterocycles. The van der Waals surface area contributed by atoms with Crippen LogP contribution in [0.5, 0.6) is 0 Å². The highest BCUT2D eigenvalue weighted by atomic mass is 79.9. The molecule has 0 bridgehead atoms. The van der Waals surface area contributed by atoms with Crippen LogP contribution >= 0.6 is 15.9 Å². The van der Waals surface area contributed by atoms with Gasteiger partial charge in [-0.2, -0.15) is 0 Å². The van der Waals surface area contributed by atoms with Crippen molar-refractivity contribution in [2.24, 2.45) is 0 Å². The lowest BCUT2D eigenvalue weighted by Crippen LogP contribution is -2.12. The van der Waals surface area contributed by atoms with E-state index in [2.05, 4.69) is 20.9 Å². The van der Waals surface area contributed by atoms with E-state index in [1.807, 2.05) is 5.32 Å². The minimum absolute atomic E-state index is 0.139. The van der Waals surface area contributed by atoms with Gasteiger partial charge in [-0.3, -0.25) is 0 Å². The molecule has 0 amide bonds. The zero-order chi connectivity index (χ0) is 17.3. The van der Waals surface area contributed by atoms with Gasteiger partial charge in [0.2, 0.25) is 0 Å². The predicted molar refractivity (Wildman–Crippen MR) is 51.9 cm³/mol. The van der Waals surface area contributed by atoms with Crippen molar-refractivity contribution < 1.29 is 13.7 Å². The van der Waals surface area contributed by atoms with E-state index in [4.69, 9.17) is 13.7 Å². The van der Waals surface area contributed by atoms with Crippen molar-refractivity contribution in [3.8, 4) is 0 Å². The Hall–Kier alpha value is -0.410. The maximum atomic E-state index is 8.24. The first-order valence-corrected chi connectivity index (χ1v) is 3.93. The summed E-state index contributed by atoms with van der Waals surface area (Å²) in [5.41, 5.74) is -0.684. The van der Waals surface area contributed by atoms with Crippen molar-refractivity contribution in [1.29, 1.82) is 0 Å². The van der Waals surface area contributed by atoms with Crippen molar-refractivity contribution >= 4 is 15.9 Å². The molecule has 2 heterocycles. The largest absolute Gasteiger partial charge is 0.310 e. The zero-order valence-corrected chi connectivity index (χ0v) is 7.41. The average Bonchev–Trinajstić information content (AvgIpc) is 2.42. The number of aromatic nitrogens is 1. The molecule has 1 aliphatic heterocycles. The van der Waals surface area contributed by atoms with Crippen LogP contribution in [-0.4, -0.2) is 11.5 Å². The Kier molecular flexibility index (Phi) is 0.751. The van der Waals surface area contributed by atoms with Gasteiger partial charge in [-0.1, -0.05) is 6.04 Å². The van der Waals surface area contributed by atoms with Gasteiger partial charge in [0, 0.05) is 20.4 Å². The molecule has 1 aliphatic rings. The SMILES string of the molecule is [2H]c1nc(Br)c([2H])c([2H])c1C1([2H])NC([2H])([2H])C([2H])([2H])C1([2H])[2H]. The van der Waals surface area contributed by atoms with Gasteiger partial charge in [0.15, 0.2) is 0 Å². The van der Waals surface area contributed by atoms with Crippen molar-refractivity contribution in [2.75, 3.05) is 6.50 Å². The third kappa shape index (κ3) is 1.67. The van der Waals surface area contributed by atoms with Gasteiger partial charge >= 0.3 is 0 Å². The molecule has 1 unspecified atom stereocenters. The summed E-state index contributed by atoms with van der Waals surface area (Å²) >= 11 is 2.87. The molecule has 0 saturated carbocycles. The van der Waals surface area contributed by atoms with Gasteiger partial charge in [0.25, 0.3) is 0 Å². The molecule has 1 aromatic rings. The highest BCUT2D eigenvalue weighted by Gasteiger charge is 2.15. The van der Waals surface area contributed by atoms with E-state index in [9.17, 15) is 0 Å². The molecule has 0 aliphatic carbocycles. The van der Waals surface area contributed by atoms with E-state index in [-0.39, 0.29) is 4.60 Å². The number of nitrogens with zero attached hydrogens (tertiary/aromatic N) is 1. The van der Waals surface area contributed by atoms with E-state index in [1.165, 1.54) is 0 Å². The second kappa shape index (κ2) is 3.54. The second-order valence-electron chi connectivity index (χ2n) is 2.01. The van der Waals surface area contributed by atoms with Crippen LogP contribution in [0.4, 0.5) is 0 Å². The summed E-state index contributed by atoms with van der Waals surface area (Å²) in [6, 6.07) is -3.97. The van der Waals surface area contributed by atoms with Crippen molar-refractivity contribution in [2.45, 2.75) is 18.8 Å². The van der Waals surface area contributed by atoms with E-state index in [0.29, 0.717) is 0 Å². The first-order chi connectivity index (χ1) is 9.71. The number of hydrogen-bond acceptors (Lipinski definition) is 2. The molecule has 1 fully saturated rings. The summed E-state index contributed by atoms with van der Waals surface area (Å²) in [5, 5.41) is 1.90. The number of rotatable bonds is 1. The lowest BCUT2D eigenvalue weighted by molar-refractivity contribution is 0.644. The number of hydrogen-bond donors (Lipinski definition) is 1. The molecule has 1 N–H and O–H groups in total. The fourth-order valence-corrected chi connectivity index (χ4v) is 0.925. The lowest BCUT2D eigenvalue weighted by Gasteiger charge is -2.08. The summed E-state index contributed by atoms with van der Waals surface area (Å²) in [7, 11) is 0. The topological polar surface area (TPSA) is 24.9 Å². The molecule has 2 rings (SSSR count). The molecule has 3 heteroatoms. The summed E-state index contributed by atoms with van der Waals surface area (Å²) in [4.78, 5) is 3.59. The second-order valence-corrected chi connectivity index (χ2v) is 2.77. The quantitative estimate of drug-likeness (QED) is 0.758. The predicted octanol–water partition coefficient (Wildman–Crippen LogP) is 2.27. The third-order valence-corrected chi connectivity index (χ3v) is 1.62. The van der Waals surface area contributed by atoms with Crippen LogP contribution < -0.4 is 5.32 Å². The smallest absolute Gasteiger partial charge is 0.106 e. The van der Waals surface area contributed by atoms with Crippen molar-refractivity contribution in [3.63, 3.8) is 0 Å². The number of nitrogens with one attached hydrogen (secondary N) is 1. The van der Waals surface area contributed by atoms with E-state index >= 15 is 0 Å². The average molecular weight is 237 g/mol. The van der Waals surface area contributed by atoms with Crippen LogP contribution in [0.25, 0.3) is 0 Å². The van der Waals surface area contributed by atoms with Crippen LogP contribution in [-0.2, 0) is 0 Å².